The van der Waals surface area contributed by atoms with Crippen molar-refractivity contribution in [1.29, 1.82) is 0 Å². The van der Waals surface area contributed by atoms with Crippen LogP contribution in [0.15, 0.2) is 18.3 Å². The van der Waals surface area contributed by atoms with E-state index in [1.807, 2.05) is 12.1 Å². The standard InChI is InChI=1S/C11H18N2O/c1-4-13(9(2)3)11-10(8-14)6-5-7-12-11/h5-7,9,14H,4,8H2,1-3H3. The lowest BCUT2D eigenvalue weighted by atomic mass is 10.2. The molecule has 1 N–H and O–H groups in total. The summed E-state index contributed by atoms with van der Waals surface area (Å²) in [7, 11) is 0. The minimum absolute atomic E-state index is 0.0480. The molecule has 0 atom stereocenters. The van der Waals surface area contributed by atoms with Crippen LogP contribution in [0.25, 0.3) is 0 Å². The summed E-state index contributed by atoms with van der Waals surface area (Å²) in [5, 5.41) is 9.18. The van der Waals surface area contributed by atoms with E-state index < -0.39 is 0 Å². The summed E-state index contributed by atoms with van der Waals surface area (Å²) in [6.07, 6.45) is 1.76. The summed E-state index contributed by atoms with van der Waals surface area (Å²) >= 11 is 0. The summed E-state index contributed by atoms with van der Waals surface area (Å²) in [6, 6.07) is 4.16. The van der Waals surface area contributed by atoms with Gasteiger partial charge in [-0.1, -0.05) is 6.07 Å². The Morgan fingerprint density at radius 1 is 1.50 bits per heavy atom. The van der Waals surface area contributed by atoms with Crippen molar-refractivity contribution in [3.63, 3.8) is 0 Å². The van der Waals surface area contributed by atoms with E-state index in [0.717, 1.165) is 17.9 Å². The van der Waals surface area contributed by atoms with Crippen molar-refractivity contribution in [3.8, 4) is 0 Å². The van der Waals surface area contributed by atoms with E-state index in [0.29, 0.717) is 6.04 Å². The summed E-state index contributed by atoms with van der Waals surface area (Å²) in [5.74, 6) is 0.896. The zero-order valence-corrected chi connectivity index (χ0v) is 9.07. The molecule has 0 saturated heterocycles. The molecule has 0 fully saturated rings. The fourth-order valence-electron chi connectivity index (χ4n) is 1.57. The van der Waals surface area contributed by atoms with Gasteiger partial charge in [0.1, 0.15) is 5.82 Å². The lowest BCUT2D eigenvalue weighted by molar-refractivity contribution is 0.281. The molecule has 3 heteroatoms. The normalized spacial score (nSPS) is 10.6. The van der Waals surface area contributed by atoms with Gasteiger partial charge in [0, 0.05) is 24.3 Å². The Bertz CT molecular complexity index is 286. The zero-order valence-electron chi connectivity index (χ0n) is 9.07. The number of aliphatic hydroxyl groups is 1. The molecule has 0 spiro atoms. The predicted octanol–water partition coefficient (Wildman–Crippen LogP) is 1.81. The molecule has 78 valence electrons. The van der Waals surface area contributed by atoms with Crippen LogP contribution in [0.2, 0.25) is 0 Å². The van der Waals surface area contributed by atoms with Crippen molar-refractivity contribution < 1.29 is 5.11 Å². The van der Waals surface area contributed by atoms with Crippen LogP contribution in [0.3, 0.4) is 0 Å². The lowest BCUT2D eigenvalue weighted by Gasteiger charge is -2.27. The van der Waals surface area contributed by atoms with Gasteiger partial charge in [0.05, 0.1) is 6.61 Å². The first-order valence-electron chi connectivity index (χ1n) is 5.02. The van der Waals surface area contributed by atoms with Gasteiger partial charge in [0.2, 0.25) is 0 Å². The first kappa shape index (κ1) is 11.0. The number of aliphatic hydroxyl groups excluding tert-OH is 1. The Hall–Kier alpha value is -1.09. The van der Waals surface area contributed by atoms with E-state index in [2.05, 4.69) is 30.7 Å². The average molecular weight is 194 g/mol. The van der Waals surface area contributed by atoms with Gasteiger partial charge in [0.25, 0.3) is 0 Å². The number of rotatable bonds is 4. The van der Waals surface area contributed by atoms with Crippen molar-refractivity contribution in [3.05, 3.63) is 23.9 Å². The monoisotopic (exact) mass is 194 g/mol. The van der Waals surface area contributed by atoms with Gasteiger partial charge in [-0.25, -0.2) is 4.98 Å². The number of hydrogen-bond acceptors (Lipinski definition) is 3. The molecule has 1 aromatic rings. The van der Waals surface area contributed by atoms with Crippen LogP contribution in [0.4, 0.5) is 5.82 Å². The van der Waals surface area contributed by atoms with E-state index in [9.17, 15) is 5.11 Å². The van der Waals surface area contributed by atoms with Crippen LogP contribution in [-0.4, -0.2) is 22.7 Å². The molecule has 0 radical (unpaired) electrons. The van der Waals surface area contributed by atoms with Crippen LogP contribution in [0, 0.1) is 0 Å². The molecule has 0 amide bonds. The Morgan fingerprint density at radius 2 is 2.21 bits per heavy atom. The van der Waals surface area contributed by atoms with E-state index in [4.69, 9.17) is 0 Å². The van der Waals surface area contributed by atoms with Gasteiger partial charge >= 0.3 is 0 Å². The first-order valence-corrected chi connectivity index (χ1v) is 5.02. The highest BCUT2D eigenvalue weighted by molar-refractivity contribution is 5.46. The average Bonchev–Trinajstić information content (AvgIpc) is 2.19. The molecule has 0 aliphatic rings. The summed E-state index contributed by atoms with van der Waals surface area (Å²) in [6.45, 7) is 7.29. The third-order valence-corrected chi connectivity index (χ3v) is 2.27. The quantitative estimate of drug-likeness (QED) is 0.794. The molecule has 1 rings (SSSR count). The smallest absolute Gasteiger partial charge is 0.134 e. The minimum Gasteiger partial charge on any atom is -0.392 e. The SMILES string of the molecule is CCN(c1ncccc1CO)C(C)C. The van der Waals surface area contributed by atoms with E-state index >= 15 is 0 Å². The van der Waals surface area contributed by atoms with Crippen LogP contribution < -0.4 is 4.90 Å². The van der Waals surface area contributed by atoms with Gasteiger partial charge in [-0.15, -0.1) is 0 Å². The van der Waals surface area contributed by atoms with E-state index in [-0.39, 0.29) is 6.61 Å². The molecule has 1 aromatic heterocycles. The Balaban J connectivity index is 3.02. The van der Waals surface area contributed by atoms with Gasteiger partial charge < -0.3 is 10.0 Å². The summed E-state index contributed by atoms with van der Waals surface area (Å²) in [5.41, 5.74) is 0.892. The molecule has 0 aliphatic carbocycles. The number of aromatic nitrogens is 1. The number of anilines is 1. The Labute approximate surface area is 85.4 Å². The molecular weight excluding hydrogens is 176 g/mol. The van der Waals surface area contributed by atoms with Crippen LogP contribution in [0.1, 0.15) is 26.3 Å². The van der Waals surface area contributed by atoms with E-state index in [1.54, 1.807) is 6.20 Å². The summed E-state index contributed by atoms with van der Waals surface area (Å²) < 4.78 is 0. The molecule has 0 unspecified atom stereocenters. The van der Waals surface area contributed by atoms with Gasteiger partial charge in [0.15, 0.2) is 0 Å². The first-order chi connectivity index (χ1) is 6.70. The molecular formula is C11H18N2O. The van der Waals surface area contributed by atoms with Gasteiger partial charge in [-0.3, -0.25) is 0 Å². The maximum absolute atomic E-state index is 9.18. The van der Waals surface area contributed by atoms with Crippen molar-refractivity contribution in [1.82, 2.24) is 4.98 Å². The van der Waals surface area contributed by atoms with Crippen LogP contribution in [0.5, 0.6) is 0 Å². The second kappa shape index (κ2) is 4.96. The predicted molar refractivity (Wildman–Crippen MR) is 58.3 cm³/mol. The van der Waals surface area contributed by atoms with E-state index in [1.165, 1.54) is 0 Å². The molecule has 0 saturated carbocycles. The fourth-order valence-corrected chi connectivity index (χ4v) is 1.57. The lowest BCUT2D eigenvalue weighted by Crippen LogP contribution is -2.32. The third-order valence-electron chi connectivity index (χ3n) is 2.27. The number of nitrogens with zero attached hydrogens (tertiary/aromatic N) is 2. The zero-order chi connectivity index (χ0) is 10.6. The Morgan fingerprint density at radius 3 is 2.71 bits per heavy atom. The van der Waals surface area contributed by atoms with Crippen molar-refractivity contribution in [2.24, 2.45) is 0 Å². The van der Waals surface area contributed by atoms with Crippen molar-refractivity contribution in [2.45, 2.75) is 33.4 Å². The largest absolute Gasteiger partial charge is 0.392 e. The highest BCUT2D eigenvalue weighted by Gasteiger charge is 2.12. The molecule has 14 heavy (non-hydrogen) atoms. The second-order valence-electron chi connectivity index (χ2n) is 3.52. The Kier molecular flexibility index (Phi) is 3.89. The molecule has 0 aromatic carbocycles. The van der Waals surface area contributed by atoms with Crippen LogP contribution in [-0.2, 0) is 6.61 Å². The minimum atomic E-state index is 0.0480. The highest BCUT2D eigenvalue weighted by Crippen LogP contribution is 2.18. The third kappa shape index (κ3) is 2.23. The molecule has 0 bridgehead atoms. The molecule has 3 nitrogen and oxygen atoms in total. The van der Waals surface area contributed by atoms with Crippen molar-refractivity contribution >= 4 is 5.82 Å². The second-order valence-corrected chi connectivity index (χ2v) is 3.52. The van der Waals surface area contributed by atoms with Gasteiger partial charge in [-0.05, 0) is 26.8 Å². The maximum Gasteiger partial charge on any atom is 0.134 e. The maximum atomic E-state index is 9.18. The fraction of sp³-hybridized carbons (Fsp3) is 0.545. The number of hydrogen-bond donors (Lipinski definition) is 1. The topological polar surface area (TPSA) is 36.4 Å². The van der Waals surface area contributed by atoms with Crippen LogP contribution >= 0.6 is 0 Å². The molecule has 1 heterocycles. The molecule has 0 aliphatic heterocycles. The number of pyridine rings is 1. The summed E-state index contributed by atoms with van der Waals surface area (Å²) in [4.78, 5) is 6.48. The van der Waals surface area contributed by atoms with Gasteiger partial charge in [-0.2, -0.15) is 0 Å². The highest BCUT2D eigenvalue weighted by atomic mass is 16.3. The van der Waals surface area contributed by atoms with Crippen molar-refractivity contribution in [2.75, 3.05) is 11.4 Å².